The Morgan fingerprint density at radius 1 is 0.188 bits per heavy atom. The molecule has 0 radical (unpaired) electrons. The first-order chi connectivity index (χ1) is 45.8. The van der Waals surface area contributed by atoms with Gasteiger partial charge in [-0.3, -0.25) is 38.7 Å². The van der Waals surface area contributed by atoms with Crippen molar-refractivity contribution in [2.75, 3.05) is 114 Å². The van der Waals surface area contributed by atoms with Crippen LogP contribution in [0.4, 0.5) is 17.3 Å². The summed E-state index contributed by atoms with van der Waals surface area (Å²) >= 11 is 0. The van der Waals surface area contributed by atoms with E-state index in [1.165, 1.54) is 0 Å². The molecule has 0 aromatic carbocycles. The predicted octanol–water partition coefficient (Wildman–Crippen LogP) is -9.03. The van der Waals surface area contributed by atoms with E-state index >= 15 is 0 Å². The predicted molar refractivity (Wildman–Crippen MR) is 313 cm³/mol. The highest BCUT2D eigenvalue weighted by atomic mass is 19.1. The molecule has 0 saturated heterocycles. The van der Waals surface area contributed by atoms with Crippen molar-refractivity contribution in [2.24, 2.45) is 0 Å². The van der Waals surface area contributed by atoms with E-state index < -0.39 is 29.6 Å². The van der Waals surface area contributed by atoms with E-state index in [2.05, 4.69) is 0 Å². The second kappa shape index (κ2) is 62.1. The standard InChI is InChI=1S/8C7H10NO2.4BFO2/c8*1-9-7-3-5-8(10-2)6-4-7;4*2-1(3)4/h8*3-6H,1-2H3;;;;/q8*+1;4*-2. The number of aromatic nitrogens is 8. The third kappa shape index (κ3) is 55.3. The summed E-state index contributed by atoms with van der Waals surface area (Å²) in [4.78, 5) is 39.0. The van der Waals surface area contributed by atoms with E-state index in [9.17, 15) is 17.3 Å². The minimum absolute atomic E-state index is 0.827. The van der Waals surface area contributed by atoms with E-state index in [1.807, 2.05) is 97.1 Å². The van der Waals surface area contributed by atoms with Gasteiger partial charge < -0.3 is 95.3 Å². The molecule has 8 aromatic heterocycles. The molecule has 0 aliphatic rings. The minimum Gasteiger partial charge on any atom is -0.867 e. The monoisotopic (exact) mass is 1370 g/mol. The highest BCUT2D eigenvalue weighted by Gasteiger charge is 2.03. The van der Waals surface area contributed by atoms with Gasteiger partial charge in [0.25, 0.3) is 0 Å². The lowest BCUT2D eigenvalue weighted by atomic mass is 10.3. The summed E-state index contributed by atoms with van der Waals surface area (Å²) in [5.74, 6) is 6.62. The normalized spacial score (nSPS) is 8.62. The lowest BCUT2D eigenvalue weighted by Crippen LogP contribution is -2.39. The molecule has 8 rings (SSSR count). The molecule has 0 aliphatic carbocycles. The lowest BCUT2D eigenvalue weighted by Gasteiger charge is -2.09. The van der Waals surface area contributed by atoms with E-state index in [0.29, 0.717) is 0 Å². The van der Waals surface area contributed by atoms with Crippen LogP contribution in [0.3, 0.4) is 0 Å². The Balaban J connectivity index is -0.000000488. The van der Waals surface area contributed by atoms with Crippen molar-refractivity contribution in [2.45, 2.75) is 0 Å². The molecule has 0 atom stereocenters. The maximum Gasteiger partial charge on any atom is 0.226 e. The molecular weight excluding hydrogens is 1290 g/mol. The molecule has 0 aliphatic heterocycles. The largest absolute Gasteiger partial charge is 0.867 e. The number of rotatable bonds is 16. The SMILES string of the molecule is COc1cc[n+](OC)cc1.COc1cc[n+](OC)cc1.COc1cc[n+](OC)cc1.COc1cc[n+](OC)cc1.COc1cc[n+](OC)cc1.COc1cc[n+](OC)cc1.COc1cc[n+](OC)cc1.COc1cc[n+](OC)cc1.[O-]B([O-])F.[O-]B([O-])F.[O-]B([O-])F.[O-]B([O-])F. The second-order valence-corrected chi connectivity index (χ2v) is 15.3. The molecule has 0 N–H and O–H groups in total. The van der Waals surface area contributed by atoms with Crippen LogP contribution in [0.25, 0.3) is 0 Å². The first-order valence-electron chi connectivity index (χ1n) is 26.5. The van der Waals surface area contributed by atoms with Gasteiger partial charge >= 0.3 is 0 Å². The average Bonchev–Trinajstić information content (AvgIpc) is 3.56. The van der Waals surface area contributed by atoms with E-state index in [1.54, 1.807) is 251 Å². The van der Waals surface area contributed by atoms with Crippen LogP contribution in [0.15, 0.2) is 196 Å². The molecule has 32 nitrogen and oxygen atoms in total. The Kier molecular flexibility index (Phi) is 59.6. The Morgan fingerprint density at radius 3 is 0.292 bits per heavy atom. The van der Waals surface area contributed by atoms with Gasteiger partial charge in [0.1, 0.15) is 132 Å². The summed E-state index contributed by atoms with van der Waals surface area (Å²) in [5.41, 5.74) is 0. The molecule has 96 heavy (non-hydrogen) atoms. The molecular formula is C56H80B4F4N8O24. The summed E-state index contributed by atoms with van der Waals surface area (Å²) in [6, 6.07) is 29.2. The zero-order valence-electron chi connectivity index (χ0n) is 55.7. The van der Waals surface area contributed by atoms with Crippen LogP contribution >= 0.6 is 0 Å². The Bertz CT molecular complexity index is 2190. The van der Waals surface area contributed by atoms with Crippen molar-refractivity contribution in [3.63, 3.8) is 0 Å². The minimum atomic E-state index is -3.17. The number of ether oxygens (including phenoxy) is 8. The first kappa shape index (κ1) is 92.1. The van der Waals surface area contributed by atoms with E-state index in [4.69, 9.17) is 117 Å². The van der Waals surface area contributed by atoms with Crippen LogP contribution in [0.5, 0.6) is 46.0 Å². The average molecular weight is 1370 g/mol. The zero-order valence-corrected chi connectivity index (χ0v) is 55.7. The first-order valence-corrected chi connectivity index (χ1v) is 26.5. The third-order valence-corrected chi connectivity index (χ3v) is 9.74. The second-order valence-electron chi connectivity index (χ2n) is 15.3. The van der Waals surface area contributed by atoms with Crippen LogP contribution in [0.1, 0.15) is 0 Å². The quantitative estimate of drug-likeness (QED) is 0.0492. The Hall–Kier alpha value is -10.3. The fraction of sp³-hybridized carbons (Fsp3) is 0.286. The number of hydrogen-bond donors (Lipinski definition) is 0. The van der Waals surface area contributed by atoms with Gasteiger partial charge in [-0.25, -0.2) is 0 Å². The van der Waals surface area contributed by atoms with Gasteiger partial charge in [0.2, 0.25) is 99.1 Å². The molecule has 0 unspecified atom stereocenters. The summed E-state index contributed by atoms with van der Waals surface area (Å²) in [5, 5.41) is 66.4. The van der Waals surface area contributed by atoms with Gasteiger partial charge in [-0.05, 0) is 0 Å². The molecule has 0 amide bonds. The summed E-state index contributed by atoms with van der Waals surface area (Å²) in [6.07, 6.45) is 28.4. The third-order valence-electron chi connectivity index (χ3n) is 9.74. The number of pyridine rings is 8. The molecule has 8 aromatic rings. The van der Waals surface area contributed by atoms with Crippen molar-refractivity contribution in [3.05, 3.63) is 196 Å². The smallest absolute Gasteiger partial charge is 0.226 e. The highest BCUT2D eigenvalue weighted by Crippen LogP contribution is 2.07. The number of nitrogens with zero attached hydrogens (tertiary/aromatic N) is 8. The molecule has 0 bridgehead atoms. The number of hydrogen-bond acceptors (Lipinski definition) is 24. The van der Waals surface area contributed by atoms with Crippen molar-refractivity contribution >= 4 is 29.6 Å². The van der Waals surface area contributed by atoms with Crippen LogP contribution in [0.2, 0.25) is 0 Å². The van der Waals surface area contributed by atoms with Gasteiger partial charge in [-0.1, -0.05) is 0 Å². The highest BCUT2D eigenvalue weighted by molar-refractivity contribution is 6.27. The van der Waals surface area contributed by atoms with Gasteiger partial charge in [0, 0.05) is 135 Å². The van der Waals surface area contributed by atoms with Crippen LogP contribution in [0, 0.1) is 0 Å². The fourth-order valence-corrected chi connectivity index (χ4v) is 5.26. The summed E-state index contributed by atoms with van der Waals surface area (Å²) in [7, 11) is 13.2. The Labute approximate surface area is 555 Å². The van der Waals surface area contributed by atoms with Crippen molar-refractivity contribution in [3.8, 4) is 46.0 Å². The molecule has 0 spiro atoms. The maximum absolute atomic E-state index is 9.89. The summed E-state index contributed by atoms with van der Waals surface area (Å²) < 4.78 is 91.8. The lowest BCUT2D eigenvalue weighted by molar-refractivity contribution is -0.885. The van der Waals surface area contributed by atoms with Gasteiger partial charge in [-0.2, -0.15) is 0 Å². The topological polar surface area (TPSA) is 363 Å². The number of methoxy groups -OCH3 is 8. The Morgan fingerprint density at radius 2 is 0.250 bits per heavy atom. The van der Waals surface area contributed by atoms with Gasteiger partial charge in [0.05, 0.1) is 56.9 Å². The van der Waals surface area contributed by atoms with E-state index in [-0.39, 0.29) is 0 Å². The van der Waals surface area contributed by atoms with E-state index in [0.717, 1.165) is 46.0 Å². The van der Waals surface area contributed by atoms with Crippen molar-refractivity contribution < 1.29 is 172 Å². The molecule has 0 fully saturated rings. The molecule has 40 heteroatoms. The maximum atomic E-state index is 9.89. The molecule has 8 heterocycles. The van der Waals surface area contributed by atoms with Crippen molar-refractivity contribution in [1.82, 2.24) is 0 Å². The van der Waals surface area contributed by atoms with Crippen LogP contribution in [-0.4, -0.2) is 143 Å². The van der Waals surface area contributed by atoms with Crippen LogP contribution in [-0.2, 0) is 0 Å². The van der Waals surface area contributed by atoms with Crippen LogP contribution < -0.4 is 155 Å². The number of halogens is 4. The van der Waals surface area contributed by atoms with Crippen molar-refractivity contribution in [1.29, 1.82) is 0 Å². The molecule has 528 valence electrons. The zero-order chi connectivity index (χ0) is 73.5. The molecule has 0 saturated carbocycles. The summed E-state index contributed by atoms with van der Waals surface area (Å²) in [6.45, 7) is 0. The van der Waals surface area contributed by atoms with Gasteiger partial charge in [0.15, 0.2) is 0 Å². The van der Waals surface area contributed by atoms with Gasteiger partial charge in [-0.15, -0.1) is 0 Å². The fourth-order valence-electron chi connectivity index (χ4n) is 5.26.